The van der Waals surface area contributed by atoms with Crippen molar-refractivity contribution in [3.8, 4) is 17.2 Å². The molecule has 39 heavy (non-hydrogen) atoms. The van der Waals surface area contributed by atoms with Crippen LogP contribution in [0.1, 0.15) is 44.7 Å². The summed E-state index contributed by atoms with van der Waals surface area (Å²) in [5, 5.41) is 0.548. The van der Waals surface area contributed by atoms with Crippen molar-refractivity contribution >= 4 is 40.7 Å². The van der Waals surface area contributed by atoms with Gasteiger partial charge in [-0.05, 0) is 48.4 Å². The maximum absolute atomic E-state index is 14.5. The second-order valence-electron chi connectivity index (χ2n) is 9.98. The average molecular weight is 544 g/mol. The molecular weight excluding hydrogens is 518 g/mol. The first-order valence-corrected chi connectivity index (χ1v) is 12.9. The second-order valence-corrected chi connectivity index (χ2v) is 10.4. The van der Waals surface area contributed by atoms with Crippen LogP contribution in [0.4, 0.5) is 5.69 Å². The minimum atomic E-state index is -1.60. The quantitative estimate of drug-likeness (QED) is 0.399. The summed E-state index contributed by atoms with van der Waals surface area (Å²) in [5.74, 6) is -0.527. The van der Waals surface area contributed by atoms with Gasteiger partial charge >= 0.3 is 0 Å². The molecule has 0 aromatic heterocycles. The number of fused-ring (bicyclic) bond motifs is 5. The van der Waals surface area contributed by atoms with Crippen molar-refractivity contribution in [2.75, 3.05) is 26.2 Å². The summed E-state index contributed by atoms with van der Waals surface area (Å²) in [6, 6.07) is 14.2. The number of anilines is 1. The third-order valence-electron chi connectivity index (χ3n) is 8.23. The van der Waals surface area contributed by atoms with Crippen molar-refractivity contribution in [1.82, 2.24) is 0 Å². The van der Waals surface area contributed by atoms with Gasteiger partial charge in [0.2, 0.25) is 5.75 Å². The Balaban J connectivity index is 1.69. The molecule has 0 unspecified atom stereocenters. The number of halogens is 1. The molecule has 3 aliphatic rings. The summed E-state index contributed by atoms with van der Waals surface area (Å²) >= 11 is 6.30. The van der Waals surface area contributed by atoms with E-state index in [1.54, 1.807) is 42.5 Å². The second kappa shape index (κ2) is 8.99. The van der Waals surface area contributed by atoms with E-state index in [2.05, 4.69) is 0 Å². The predicted octanol–water partition coefficient (Wildman–Crippen LogP) is 5.39. The summed E-state index contributed by atoms with van der Waals surface area (Å²) in [4.78, 5) is 44.6. The van der Waals surface area contributed by atoms with Crippen molar-refractivity contribution in [3.05, 3.63) is 87.9 Å². The summed E-state index contributed by atoms with van der Waals surface area (Å²) in [6.45, 7) is 1.50. The summed E-state index contributed by atoms with van der Waals surface area (Å²) in [5.41, 5.74) is 1.23. The zero-order chi connectivity index (χ0) is 27.6. The molecule has 3 aromatic carbocycles. The fourth-order valence-corrected chi connectivity index (χ4v) is 6.94. The molecule has 2 aliphatic heterocycles. The van der Waals surface area contributed by atoms with Crippen LogP contribution >= 0.6 is 11.6 Å². The lowest BCUT2D eigenvalue weighted by molar-refractivity contribution is -0.118. The van der Waals surface area contributed by atoms with Crippen LogP contribution in [0, 0.1) is 5.41 Å². The zero-order valence-electron chi connectivity index (χ0n) is 21.9. The first-order chi connectivity index (χ1) is 18.8. The molecule has 0 amide bonds. The van der Waals surface area contributed by atoms with E-state index < -0.39 is 23.4 Å². The third kappa shape index (κ3) is 3.26. The highest BCUT2D eigenvalue weighted by molar-refractivity contribution is 6.32. The highest BCUT2D eigenvalue weighted by atomic mass is 35.5. The number of carbonyl (C=O) groups is 3. The SMILES string of the molecule is COc1cc([C@@H]2[C@H](C(C)=O)N3c4ccc(Cl)cc4C=C[C@H]3C23C(=O)c2ccccc2C3=O)cc(OC)c1OC. The monoisotopic (exact) mass is 543 g/mol. The molecule has 0 bridgehead atoms. The van der Waals surface area contributed by atoms with Crippen LogP contribution in [-0.2, 0) is 4.79 Å². The molecule has 6 rings (SSSR count). The van der Waals surface area contributed by atoms with E-state index in [1.807, 2.05) is 29.2 Å². The van der Waals surface area contributed by atoms with Crippen LogP contribution in [0.15, 0.2) is 60.7 Å². The largest absolute Gasteiger partial charge is 0.493 e. The number of benzene rings is 3. The van der Waals surface area contributed by atoms with E-state index in [0.29, 0.717) is 39.0 Å². The molecule has 0 saturated carbocycles. The first kappa shape index (κ1) is 25.2. The van der Waals surface area contributed by atoms with Gasteiger partial charge in [0.25, 0.3) is 0 Å². The van der Waals surface area contributed by atoms with Gasteiger partial charge in [-0.25, -0.2) is 0 Å². The van der Waals surface area contributed by atoms with Gasteiger partial charge in [-0.3, -0.25) is 14.4 Å². The number of nitrogens with zero attached hydrogens (tertiary/aromatic N) is 1. The molecule has 1 aliphatic carbocycles. The van der Waals surface area contributed by atoms with Gasteiger partial charge in [0.15, 0.2) is 28.8 Å². The molecule has 0 radical (unpaired) electrons. The highest BCUT2D eigenvalue weighted by Gasteiger charge is 2.71. The Morgan fingerprint density at radius 1 is 0.897 bits per heavy atom. The zero-order valence-corrected chi connectivity index (χ0v) is 22.6. The van der Waals surface area contributed by atoms with Crippen molar-refractivity contribution in [2.45, 2.75) is 24.9 Å². The number of Topliss-reactive ketones (excluding diaryl/α,β-unsaturated/α-hetero) is 3. The summed E-state index contributed by atoms with van der Waals surface area (Å²) in [7, 11) is 4.51. The number of carbonyl (C=O) groups excluding carboxylic acids is 3. The molecule has 1 fully saturated rings. The van der Waals surface area contributed by atoms with Gasteiger partial charge in [-0.15, -0.1) is 0 Å². The number of ether oxygens (including phenoxy) is 3. The standard InChI is InChI=1S/C31H26ClNO6/c1-16(34)27-26(18-14-23(37-2)28(39-4)24(15-18)38-3)31(29(35)20-7-5-6-8-21(20)30(31)36)25-12-9-17-13-19(32)10-11-22(17)33(25)27/h5-15,25-27H,1-4H3/t25-,26+,27-/m0/s1. The molecular formula is C31H26ClNO6. The summed E-state index contributed by atoms with van der Waals surface area (Å²) < 4.78 is 16.8. The average Bonchev–Trinajstić information content (AvgIpc) is 3.38. The number of rotatable bonds is 5. The van der Waals surface area contributed by atoms with Crippen LogP contribution in [0.25, 0.3) is 6.08 Å². The molecule has 2 heterocycles. The van der Waals surface area contributed by atoms with Gasteiger partial charge in [0.05, 0.1) is 33.4 Å². The maximum Gasteiger partial charge on any atom is 0.203 e. The number of ketones is 3. The lowest BCUT2D eigenvalue weighted by Crippen LogP contribution is -2.48. The van der Waals surface area contributed by atoms with Crippen LogP contribution in [-0.4, -0.2) is 50.8 Å². The highest BCUT2D eigenvalue weighted by Crippen LogP contribution is 2.61. The van der Waals surface area contributed by atoms with Gasteiger partial charge in [-0.1, -0.05) is 48.0 Å². The normalized spacial score (nSPS) is 22.0. The smallest absolute Gasteiger partial charge is 0.203 e. The van der Waals surface area contributed by atoms with E-state index in [9.17, 15) is 14.4 Å². The Labute approximate surface area is 230 Å². The molecule has 7 nitrogen and oxygen atoms in total. The van der Waals surface area contributed by atoms with Gasteiger partial charge in [0, 0.05) is 27.8 Å². The van der Waals surface area contributed by atoms with Crippen LogP contribution in [0.5, 0.6) is 17.2 Å². The number of hydrogen-bond acceptors (Lipinski definition) is 7. The lowest BCUT2D eigenvalue weighted by atomic mass is 9.64. The molecule has 198 valence electrons. The van der Waals surface area contributed by atoms with E-state index in [0.717, 1.165) is 11.3 Å². The fourth-order valence-electron chi connectivity index (χ4n) is 6.75. The van der Waals surface area contributed by atoms with Crippen LogP contribution in [0.3, 0.4) is 0 Å². The number of methoxy groups -OCH3 is 3. The molecule has 3 aromatic rings. The van der Waals surface area contributed by atoms with E-state index in [-0.39, 0.29) is 17.3 Å². The Morgan fingerprint density at radius 3 is 2.05 bits per heavy atom. The molecule has 1 spiro atoms. The Morgan fingerprint density at radius 2 is 1.51 bits per heavy atom. The van der Waals surface area contributed by atoms with Crippen LogP contribution < -0.4 is 19.1 Å². The van der Waals surface area contributed by atoms with Gasteiger partial charge in [-0.2, -0.15) is 0 Å². The van der Waals surface area contributed by atoms with E-state index >= 15 is 0 Å². The Kier molecular flexibility index (Phi) is 5.81. The van der Waals surface area contributed by atoms with E-state index in [4.69, 9.17) is 25.8 Å². The molecule has 0 N–H and O–H groups in total. The third-order valence-corrected chi connectivity index (χ3v) is 8.46. The molecule has 3 atom stereocenters. The topological polar surface area (TPSA) is 82.1 Å². The van der Waals surface area contributed by atoms with Crippen molar-refractivity contribution in [2.24, 2.45) is 5.41 Å². The van der Waals surface area contributed by atoms with Gasteiger partial charge in [0.1, 0.15) is 5.41 Å². The lowest BCUT2D eigenvalue weighted by Gasteiger charge is -2.37. The fraction of sp³-hybridized carbons (Fsp3) is 0.258. The minimum Gasteiger partial charge on any atom is -0.493 e. The van der Waals surface area contributed by atoms with Crippen molar-refractivity contribution in [3.63, 3.8) is 0 Å². The van der Waals surface area contributed by atoms with Crippen molar-refractivity contribution in [1.29, 1.82) is 0 Å². The Bertz CT molecular complexity index is 1530. The van der Waals surface area contributed by atoms with Gasteiger partial charge < -0.3 is 19.1 Å². The molecule has 8 heteroatoms. The first-order valence-electron chi connectivity index (χ1n) is 12.5. The number of hydrogen-bond donors (Lipinski definition) is 0. The summed E-state index contributed by atoms with van der Waals surface area (Å²) in [6.07, 6.45) is 3.73. The Hall–Kier alpha value is -4.10. The van der Waals surface area contributed by atoms with E-state index in [1.165, 1.54) is 28.3 Å². The molecule has 1 saturated heterocycles. The predicted molar refractivity (Wildman–Crippen MR) is 148 cm³/mol. The van der Waals surface area contributed by atoms with Crippen LogP contribution in [0.2, 0.25) is 5.02 Å². The van der Waals surface area contributed by atoms with Crippen molar-refractivity contribution < 1.29 is 28.6 Å². The maximum atomic E-state index is 14.5. The minimum absolute atomic E-state index is 0.177.